The monoisotopic (exact) mass is 200 g/mol. The summed E-state index contributed by atoms with van der Waals surface area (Å²) in [5, 5.41) is 8.99. The molecule has 0 radical (unpaired) electrons. The van der Waals surface area contributed by atoms with Crippen molar-refractivity contribution in [1.82, 2.24) is 0 Å². The molecule has 2 atom stereocenters. The number of hydrogen-bond acceptors (Lipinski definition) is 2. The second-order valence-electron chi connectivity index (χ2n) is 3.99. The number of unbranched alkanes of at least 4 members (excludes halogenated alkanes) is 1. The van der Waals surface area contributed by atoms with Gasteiger partial charge in [0.2, 0.25) is 0 Å². The largest absolute Gasteiger partial charge is 0.481 e. The number of carboxylic acid groups (broad SMARTS) is 1. The number of carbonyl (C=O) groups is 1. The predicted octanol–water partition coefficient (Wildman–Crippen LogP) is 2.45. The third-order valence-corrected chi connectivity index (χ3v) is 2.85. The lowest BCUT2D eigenvalue weighted by Gasteiger charge is -2.28. The van der Waals surface area contributed by atoms with E-state index in [1.165, 1.54) is 0 Å². The minimum atomic E-state index is -0.689. The third kappa shape index (κ3) is 3.29. The van der Waals surface area contributed by atoms with Gasteiger partial charge < -0.3 is 9.84 Å². The summed E-state index contributed by atoms with van der Waals surface area (Å²) in [6, 6.07) is 0. The van der Waals surface area contributed by atoms with Crippen molar-refractivity contribution >= 4 is 5.97 Å². The number of carboxylic acids is 1. The molecule has 0 aromatic rings. The lowest BCUT2D eigenvalue weighted by Crippen LogP contribution is -2.33. The van der Waals surface area contributed by atoms with Crippen molar-refractivity contribution < 1.29 is 14.6 Å². The van der Waals surface area contributed by atoms with Crippen molar-refractivity contribution in [2.75, 3.05) is 6.61 Å². The van der Waals surface area contributed by atoms with Gasteiger partial charge in [-0.05, 0) is 19.3 Å². The van der Waals surface area contributed by atoms with Gasteiger partial charge in [-0.3, -0.25) is 4.79 Å². The van der Waals surface area contributed by atoms with E-state index in [1.807, 2.05) is 0 Å². The average Bonchev–Trinajstić information content (AvgIpc) is 2.19. The van der Waals surface area contributed by atoms with Crippen LogP contribution in [0.3, 0.4) is 0 Å². The van der Waals surface area contributed by atoms with E-state index in [0.29, 0.717) is 6.61 Å². The standard InChI is InChI=1S/C11H20O3/c1-2-3-8-14-10-7-5-4-6-9(10)11(12)13/h9-10H,2-8H2,1H3,(H,12,13). The lowest BCUT2D eigenvalue weighted by atomic mass is 9.86. The molecule has 0 heterocycles. The molecule has 0 saturated heterocycles. The Morgan fingerprint density at radius 2 is 2.14 bits per heavy atom. The van der Waals surface area contributed by atoms with Crippen LogP contribution in [0.5, 0.6) is 0 Å². The summed E-state index contributed by atoms with van der Waals surface area (Å²) in [5.41, 5.74) is 0. The van der Waals surface area contributed by atoms with Crippen molar-refractivity contribution in [3.05, 3.63) is 0 Å². The highest BCUT2D eigenvalue weighted by atomic mass is 16.5. The molecule has 1 aliphatic rings. The van der Waals surface area contributed by atoms with Crippen molar-refractivity contribution in [2.45, 2.75) is 51.6 Å². The summed E-state index contributed by atoms with van der Waals surface area (Å²) in [6.07, 6.45) is 5.94. The van der Waals surface area contributed by atoms with Gasteiger partial charge >= 0.3 is 5.97 Å². The zero-order valence-electron chi connectivity index (χ0n) is 8.87. The second kappa shape index (κ2) is 6.02. The zero-order chi connectivity index (χ0) is 10.4. The van der Waals surface area contributed by atoms with Crippen LogP contribution in [0.15, 0.2) is 0 Å². The minimum Gasteiger partial charge on any atom is -0.481 e. The predicted molar refractivity (Wildman–Crippen MR) is 54.2 cm³/mol. The summed E-state index contributed by atoms with van der Waals surface area (Å²) in [7, 11) is 0. The Labute approximate surface area is 85.5 Å². The molecule has 82 valence electrons. The Morgan fingerprint density at radius 3 is 2.79 bits per heavy atom. The van der Waals surface area contributed by atoms with E-state index in [-0.39, 0.29) is 12.0 Å². The molecule has 3 heteroatoms. The molecule has 0 aromatic heterocycles. The summed E-state index contributed by atoms with van der Waals surface area (Å²) < 4.78 is 5.62. The molecule has 1 rings (SSSR count). The fourth-order valence-corrected chi connectivity index (χ4v) is 1.96. The molecule has 3 nitrogen and oxygen atoms in total. The van der Waals surface area contributed by atoms with Crippen LogP contribution in [0.4, 0.5) is 0 Å². The highest BCUT2D eigenvalue weighted by Crippen LogP contribution is 2.27. The van der Waals surface area contributed by atoms with Gasteiger partial charge in [-0.15, -0.1) is 0 Å². The van der Waals surface area contributed by atoms with E-state index in [1.54, 1.807) is 0 Å². The lowest BCUT2D eigenvalue weighted by molar-refractivity contribution is -0.149. The molecule has 0 spiro atoms. The third-order valence-electron chi connectivity index (χ3n) is 2.85. The molecule has 1 saturated carbocycles. The van der Waals surface area contributed by atoms with Crippen LogP contribution in [-0.2, 0) is 9.53 Å². The van der Waals surface area contributed by atoms with Crippen LogP contribution < -0.4 is 0 Å². The van der Waals surface area contributed by atoms with Gasteiger partial charge in [0.15, 0.2) is 0 Å². The van der Waals surface area contributed by atoms with E-state index in [4.69, 9.17) is 9.84 Å². The normalized spacial score (nSPS) is 27.5. The number of rotatable bonds is 5. The Balaban J connectivity index is 2.34. The second-order valence-corrected chi connectivity index (χ2v) is 3.99. The Hall–Kier alpha value is -0.570. The van der Waals surface area contributed by atoms with Crippen LogP contribution >= 0.6 is 0 Å². The SMILES string of the molecule is CCCCOC1CCCCC1C(=O)O. The molecule has 14 heavy (non-hydrogen) atoms. The fourth-order valence-electron chi connectivity index (χ4n) is 1.96. The molecule has 1 aliphatic carbocycles. The minimum absolute atomic E-state index is 0.0344. The maximum atomic E-state index is 10.9. The smallest absolute Gasteiger partial charge is 0.309 e. The molecule has 1 fully saturated rings. The van der Waals surface area contributed by atoms with Gasteiger partial charge in [0.25, 0.3) is 0 Å². The molecular formula is C11H20O3. The quantitative estimate of drug-likeness (QED) is 0.693. The fraction of sp³-hybridized carbons (Fsp3) is 0.909. The first-order chi connectivity index (χ1) is 6.75. The van der Waals surface area contributed by atoms with Crippen molar-refractivity contribution in [3.8, 4) is 0 Å². The van der Waals surface area contributed by atoms with Gasteiger partial charge in [-0.1, -0.05) is 26.2 Å². The topological polar surface area (TPSA) is 46.5 Å². The first kappa shape index (κ1) is 11.5. The van der Waals surface area contributed by atoms with Crippen LogP contribution in [0, 0.1) is 5.92 Å². The maximum absolute atomic E-state index is 10.9. The molecule has 0 amide bonds. The van der Waals surface area contributed by atoms with Crippen LogP contribution in [-0.4, -0.2) is 23.8 Å². The molecular weight excluding hydrogens is 180 g/mol. The van der Waals surface area contributed by atoms with E-state index in [0.717, 1.165) is 38.5 Å². The summed E-state index contributed by atoms with van der Waals surface area (Å²) in [4.78, 5) is 10.9. The van der Waals surface area contributed by atoms with Crippen LogP contribution in [0.1, 0.15) is 45.4 Å². The van der Waals surface area contributed by atoms with Gasteiger partial charge in [0.05, 0.1) is 12.0 Å². The van der Waals surface area contributed by atoms with Gasteiger partial charge in [0.1, 0.15) is 0 Å². The molecule has 0 bridgehead atoms. The van der Waals surface area contributed by atoms with E-state index < -0.39 is 5.97 Å². The van der Waals surface area contributed by atoms with Gasteiger partial charge in [-0.25, -0.2) is 0 Å². The first-order valence-electron chi connectivity index (χ1n) is 5.60. The number of ether oxygens (including phenoxy) is 1. The van der Waals surface area contributed by atoms with E-state index >= 15 is 0 Å². The van der Waals surface area contributed by atoms with Crippen LogP contribution in [0.25, 0.3) is 0 Å². The summed E-state index contributed by atoms with van der Waals surface area (Å²) in [5.74, 6) is -0.952. The Morgan fingerprint density at radius 1 is 1.43 bits per heavy atom. The maximum Gasteiger partial charge on any atom is 0.309 e. The molecule has 0 aromatic carbocycles. The molecule has 1 N–H and O–H groups in total. The summed E-state index contributed by atoms with van der Waals surface area (Å²) >= 11 is 0. The zero-order valence-corrected chi connectivity index (χ0v) is 8.87. The van der Waals surface area contributed by atoms with Gasteiger partial charge in [-0.2, -0.15) is 0 Å². The highest BCUT2D eigenvalue weighted by Gasteiger charge is 2.31. The van der Waals surface area contributed by atoms with Crippen LogP contribution in [0.2, 0.25) is 0 Å². The molecule has 2 unspecified atom stereocenters. The van der Waals surface area contributed by atoms with E-state index in [2.05, 4.69) is 6.92 Å². The number of aliphatic carboxylic acids is 1. The van der Waals surface area contributed by atoms with E-state index in [9.17, 15) is 4.79 Å². The average molecular weight is 200 g/mol. The van der Waals surface area contributed by atoms with Crippen molar-refractivity contribution in [3.63, 3.8) is 0 Å². The van der Waals surface area contributed by atoms with Crippen molar-refractivity contribution in [1.29, 1.82) is 0 Å². The summed E-state index contributed by atoms with van der Waals surface area (Å²) in [6.45, 7) is 2.82. The Bertz CT molecular complexity index is 179. The first-order valence-corrected chi connectivity index (χ1v) is 5.60. The van der Waals surface area contributed by atoms with Crippen molar-refractivity contribution in [2.24, 2.45) is 5.92 Å². The van der Waals surface area contributed by atoms with Gasteiger partial charge in [0, 0.05) is 6.61 Å². The highest BCUT2D eigenvalue weighted by molar-refractivity contribution is 5.70. The Kier molecular flexibility index (Phi) is 4.94. The number of hydrogen-bond donors (Lipinski definition) is 1. The molecule has 0 aliphatic heterocycles.